The van der Waals surface area contributed by atoms with E-state index < -0.39 is 0 Å². The summed E-state index contributed by atoms with van der Waals surface area (Å²) >= 11 is 5.32. The van der Waals surface area contributed by atoms with Crippen LogP contribution in [0.15, 0.2) is 29.8 Å². The highest BCUT2D eigenvalue weighted by Gasteiger charge is 2.17. The van der Waals surface area contributed by atoms with Gasteiger partial charge in [-0.1, -0.05) is 22.0 Å². The molecule has 17 heavy (non-hydrogen) atoms. The highest BCUT2D eigenvalue weighted by molar-refractivity contribution is 9.08. The minimum atomic E-state index is 0.870. The SMILES string of the molecule is BrCc1ccc(N2CCc3sccc3C2)nc1. The fourth-order valence-corrected chi connectivity index (χ4v) is 3.35. The van der Waals surface area contributed by atoms with Gasteiger partial charge in [0.1, 0.15) is 5.82 Å². The first-order valence-electron chi connectivity index (χ1n) is 5.68. The molecule has 0 atom stereocenters. The van der Waals surface area contributed by atoms with E-state index in [9.17, 15) is 0 Å². The van der Waals surface area contributed by atoms with Crippen molar-refractivity contribution in [2.45, 2.75) is 18.3 Å². The molecule has 2 aromatic heterocycles. The van der Waals surface area contributed by atoms with E-state index in [1.807, 2.05) is 17.5 Å². The van der Waals surface area contributed by atoms with Crippen LogP contribution in [0.2, 0.25) is 0 Å². The zero-order valence-electron chi connectivity index (χ0n) is 9.40. The van der Waals surface area contributed by atoms with E-state index in [2.05, 4.69) is 49.4 Å². The molecule has 0 saturated heterocycles. The molecule has 2 aromatic rings. The van der Waals surface area contributed by atoms with Gasteiger partial charge in [-0.2, -0.15) is 0 Å². The lowest BCUT2D eigenvalue weighted by atomic mass is 10.1. The van der Waals surface area contributed by atoms with Crippen molar-refractivity contribution in [3.05, 3.63) is 45.8 Å². The third-order valence-corrected chi connectivity index (χ3v) is 4.77. The number of pyridine rings is 1. The fourth-order valence-electron chi connectivity index (χ4n) is 2.13. The number of hydrogen-bond donors (Lipinski definition) is 0. The van der Waals surface area contributed by atoms with Crippen molar-refractivity contribution in [3.63, 3.8) is 0 Å². The summed E-state index contributed by atoms with van der Waals surface area (Å²) in [5.74, 6) is 1.09. The number of rotatable bonds is 2. The average Bonchev–Trinajstić information content (AvgIpc) is 2.86. The second-order valence-electron chi connectivity index (χ2n) is 4.20. The van der Waals surface area contributed by atoms with Crippen LogP contribution >= 0.6 is 27.3 Å². The predicted octanol–water partition coefficient (Wildman–Crippen LogP) is 3.60. The van der Waals surface area contributed by atoms with E-state index in [0.29, 0.717) is 0 Å². The fraction of sp³-hybridized carbons (Fsp3) is 0.308. The van der Waals surface area contributed by atoms with Crippen molar-refractivity contribution in [2.75, 3.05) is 11.4 Å². The second kappa shape index (κ2) is 4.78. The number of hydrogen-bond acceptors (Lipinski definition) is 3. The summed E-state index contributed by atoms with van der Waals surface area (Å²) in [6.07, 6.45) is 3.10. The molecule has 0 aliphatic carbocycles. The number of halogens is 1. The molecule has 1 aliphatic heterocycles. The first-order chi connectivity index (χ1) is 8.36. The Hall–Kier alpha value is -0.870. The van der Waals surface area contributed by atoms with Crippen LogP contribution in [0.25, 0.3) is 0 Å². The van der Waals surface area contributed by atoms with Gasteiger partial charge < -0.3 is 4.90 Å². The number of fused-ring (bicyclic) bond motifs is 1. The first kappa shape index (κ1) is 11.2. The van der Waals surface area contributed by atoms with Crippen molar-refractivity contribution in [1.29, 1.82) is 0 Å². The number of alkyl halides is 1. The summed E-state index contributed by atoms with van der Waals surface area (Å²) in [6.45, 7) is 2.08. The Morgan fingerprint density at radius 2 is 2.29 bits per heavy atom. The van der Waals surface area contributed by atoms with Gasteiger partial charge in [-0.3, -0.25) is 0 Å². The third-order valence-electron chi connectivity index (χ3n) is 3.10. The molecule has 0 amide bonds. The van der Waals surface area contributed by atoms with E-state index in [0.717, 1.165) is 30.7 Å². The molecule has 88 valence electrons. The zero-order valence-corrected chi connectivity index (χ0v) is 11.8. The standard InChI is InChI=1S/C13H13BrN2S/c14-7-10-1-2-13(15-8-10)16-5-3-12-11(9-16)4-6-17-12/h1-2,4,6,8H,3,5,7,9H2. The Balaban J connectivity index is 1.81. The maximum atomic E-state index is 4.53. The van der Waals surface area contributed by atoms with Gasteiger partial charge in [0.2, 0.25) is 0 Å². The van der Waals surface area contributed by atoms with Crippen molar-refractivity contribution in [2.24, 2.45) is 0 Å². The molecule has 0 saturated carbocycles. The summed E-state index contributed by atoms with van der Waals surface area (Å²) < 4.78 is 0. The first-order valence-corrected chi connectivity index (χ1v) is 7.68. The van der Waals surface area contributed by atoms with Gasteiger partial charge in [-0.15, -0.1) is 11.3 Å². The second-order valence-corrected chi connectivity index (χ2v) is 5.76. The largest absolute Gasteiger partial charge is 0.352 e. The van der Waals surface area contributed by atoms with Gasteiger partial charge in [0.15, 0.2) is 0 Å². The number of thiophene rings is 1. The molecular formula is C13H13BrN2S. The normalized spacial score (nSPS) is 14.8. The lowest BCUT2D eigenvalue weighted by Gasteiger charge is -2.28. The number of nitrogens with zero attached hydrogens (tertiary/aromatic N) is 2. The lowest BCUT2D eigenvalue weighted by Crippen LogP contribution is -2.30. The Labute approximate surface area is 113 Å². The van der Waals surface area contributed by atoms with Crippen LogP contribution in [0.3, 0.4) is 0 Å². The third kappa shape index (κ3) is 2.24. The molecule has 3 rings (SSSR count). The van der Waals surface area contributed by atoms with Gasteiger partial charge in [0, 0.05) is 29.5 Å². The molecule has 0 spiro atoms. The molecule has 0 fully saturated rings. The highest BCUT2D eigenvalue weighted by atomic mass is 79.9. The number of anilines is 1. The topological polar surface area (TPSA) is 16.1 Å². The Morgan fingerprint density at radius 1 is 1.35 bits per heavy atom. The maximum absolute atomic E-state index is 4.53. The molecule has 1 aliphatic rings. The monoisotopic (exact) mass is 308 g/mol. The number of aromatic nitrogens is 1. The van der Waals surface area contributed by atoms with Crippen LogP contribution in [0.1, 0.15) is 16.0 Å². The lowest BCUT2D eigenvalue weighted by molar-refractivity contribution is 0.732. The summed E-state index contributed by atoms with van der Waals surface area (Å²) in [7, 11) is 0. The molecule has 0 N–H and O–H groups in total. The summed E-state index contributed by atoms with van der Waals surface area (Å²) in [6, 6.07) is 6.49. The van der Waals surface area contributed by atoms with Crippen molar-refractivity contribution in [3.8, 4) is 0 Å². The van der Waals surface area contributed by atoms with Crippen LogP contribution in [0.4, 0.5) is 5.82 Å². The Morgan fingerprint density at radius 3 is 3.06 bits per heavy atom. The smallest absolute Gasteiger partial charge is 0.128 e. The molecule has 4 heteroatoms. The van der Waals surface area contributed by atoms with Crippen LogP contribution in [0, 0.1) is 0 Å². The minimum Gasteiger partial charge on any atom is -0.352 e. The van der Waals surface area contributed by atoms with Gasteiger partial charge in [-0.25, -0.2) is 4.98 Å². The molecule has 3 heterocycles. The van der Waals surface area contributed by atoms with Gasteiger partial charge >= 0.3 is 0 Å². The van der Waals surface area contributed by atoms with Gasteiger partial charge in [0.05, 0.1) is 0 Å². The predicted molar refractivity (Wildman–Crippen MR) is 75.9 cm³/mol. The van der Waals surface area contributed by atoms with Crippen LogP contribution < -0.4 is 4.90 Å². The quantitative estimate of drug-likeness (QED) is 0.788. The Bertz CT molecular complexity index is 506. The molecule has 0 unspecified atom stereocenters. The van der Waals surface area contributed by atoms with E-state index in [-0.39, 0.29) is 0 Å². The van der Waals surface area contributed by atoms with Gasteiger partial charge in [0.25, 0.3) is 0 Å². The van der Waals surface area contributed by atoms with E-state index in [1.165, 1.54) is 11.1 Å². The summed E-state index contributed by atoms with van der Waals surface area (Å²) in [4.78, 5) is 8.42. The zero-order chi connectivity index (χ0) is 11.7. The molecule has 0 aromatic carbocycles. The average molecular weight is 309 g/mol. The van der Waals surface area contributed by atoms with E-state index in [4.69, 9.17) is 0 Å². The summed E-state index contributed by atoms with van der Waals surface area (Å²) in [5.41, 5.74) is 2.69. The highest BCUT2D eigenvalue weighted by Crippen LogP contribution is 2.26. The Kier molecular flexibility index (Phi) is 3.16. The van der Waals surface area contributed by atoms with Crippen LogP contribution in [0.5, 0.6) is 0 Å². The molecular weight excluding hydrogens is 296 g/mol. The minimum absolute atomic E-state index is 0.870. The van der Waals surface area contributed by atoms with Crippen molar-refractivity contribution < 1.29 is 0 Å². The van der Waals surface area contributed by atoms with Crippen LogP contribution in [-0.2, 0) is 18.3 Å². The van der Waals surface area contributed by atoms with Crippen LogP contribution in [-0.4, -0.2) is 11.5 Å². The summed E-state index contributed by atoms with van der Waals surface area (Å²) in [5, 5.41) is 3.06. The van der Waals surface area contributed by atoms with Crippen molar-refractivity contribution >= 4 is 33.1 Å². The van der Waals surface area contributed by atoms with Gasteiger partial charge in [-0.05, 0) is 35.1 Å². The van der Waals surface area contributed by atoms with Crippen molar-refractivity contribution in [1.82, 2.24) is 4.98 Å². The molecule has 0 bridgehead atoms. The van der Waals surface area contributed by atoms with E-state index in [1.54, 1.807) is 4.88 Å². The molecule has 2 nitrogen and oxygen atoms in total. The molecule has 0 radical (unpaired) electrons. The maximum Gasteiger partial charge on any atom is 0.128 e. The van der Waals surface area contributed by atoms with E-state index >= 15 is 0 Å².